The van der Waals surface area contributed by atoms with Gasteiger partial charge in [0.1, 0.15) is 5.82 Å². The predicted octanol–water partition coefficient (Wildman–Crippen LogP) is 3.16. The van der Waals surface area contributed by atoms with Crippen molar-refractivity contribution in [3.05, 3.63) is 53.3 Å². The molecular formula is C14H14FNO2. The van der Waals surface area contributed by atoms with Crippen molar-refractivity contribution >= 4 is 5.69 Å². The summed E-state index contributed by atoms with van der Waals surface area (Å²) in [5, 5.41) is 21.6. The largest absolute Gasteiger partial charge is 0.504 e. The second-order valence-electron chi connectivity index (χ2n) is 4.09. The Morgan fingerprint density at radius 2 is 1.89 bits per heavy atom. The van der Waals surface area contributed by atoms with Crippen LogP contribution in [-0.2, 0) is 6.54 Å². The van der Waals surface area contributed by atoms with Gasteiger partial charge in [0, 0.05) is 17.8 Å². The van der Waals surface area contributed by atoms with Crippen molar-refractivity contribution in [2.24, 2.45) is 0 Å². The first kappa shape index (κ1) is 12.2. The molecule has 0 aromatic heterocycles. The molecule has 0 saturated carbocycles. The van der Waals surface area contributed by atoms with Crippen LogP contribution in [0.5, 0.6) is 11.5 Å². The predicted molar refractivity (Wildman–Crippen MR) is 68.2 cm³/mol. The third kappa shape index (κ3) is 2.53. The minimum Gasteiger partial charge on any atom is -0.504 e. The molecule has 3 nitrogen and oxygen atoms in total. The Hall–Kier alpha value is -2.23. The van der Waals surface area contributed by atoms with E-state index in [2.05, 4.69) is 5.32 Å². The van der Waals surface area contributed by atoms with Gasteiger partial charge in [0.25, 0.3) is 0 Å². The lowest BCUT2D eigenvalue weighted by atomic mass is 10.1. The normalized spacial score (nSPS) is 10.3. The maximum atomic E-state index is 13.3. The van der Waals surface area contributed by atoms with E-state index in [9.17, 15) is 14.6 Å². The Morgan fingerprint density at radius 1 is 1.11 bits per heavy atom. The van der Waals surface area contributed by atoms with E-state index in [-0.39, 0.29) is 17.3 Å². The molecule has 4 heteroatoms. The highest BCUT2D eigenvalue weighted by Crippen LogP contribution is 2.25. The van der Waals surface area contributed by atoms with Crippen LogP contribution in [0.25, 0.3) is 0 Å². The van der Waals surface area contributed by atoms with Gasteiger partial charge in [-0.15, -0.1) is 0 Å². The summed E-state index contributed by atoms with van der Waals surface area (Å²) in [6.07, 6.45) is 0. The van der Waals surface area contributed by atoms with E-state index in [1.165, 1.54) is 18.2 Å². The van der Waals surface area contributed by atoms with E-state index in [0.717, 1.165) is 5.56 Å². The summed E-state index contributed by atoms with van der Waals surface area (Å²) < 4.78 is 13.3. The summed E-state index contributed by atoms with van der Waals surface area (Å²) in [5.74, 6) is -0.570. The molecule has 2 rings (SSSR count). The van der Waals surface area contributed by atoms with E-state index in [1.54, 1.807) is 25.1 Å². The third-order valence-electron chi connectivity index (χ3n) is 2.79. The van der Waals surface area contributed by atoms with E-state index < -0.39 is 0 Å². The molecular weight excluding hydrogens is 233 g/mol. The standard InChI is InChI=1S/C14H14FNO2/c1-9-11(15)3-2-4-12(9)16-8-10-5-6-13(17)14(18)7-10/h2-7,16-18H,8H2,1H3. The molecule has 0 aliphatic carbocycles. The Bertz CT molecular complexity index is 570. The summed E-state index contributed by atoms with van der Waals surface area (Å²) in [6.45, 7) is 2.14. The molecule has 0 aliphatic heterocycles. The van der Waals surface area contributed by atoms with Crippen LogP contribution < -0.4 is 5.32 Å². The zero-order valence-electron chi connectivity index (χ0n) is 9.94. The van der Waals surface area contributed by atoms with Crippen molar-refractivity contribution in [3.8, 4) is 11.5 Å². The molecule has 2 aromatic carbocycles. The number of hydrogen-bond acceptors (Lipinski definition) is 3. The first-order valence-electron chi connectivity index (χ1n) is 5.58. The second kappa shape index (κ2) is 4.96. The van der Waals surface area contributed by atoms with E-state index >= 15 is 0 Å². The molecule has 94 valence electrons. The second-order valence-corrected chi connectivity index (χ2v) is 4.09. The summed E-state index contributed by atoms with van der Waals surface area (Å²) in [6, 6.07) is 9.42. The molecule has 0 amide bonds. The number of nitrogens with one attached hydrogen (secondary N) is 1. The Labute approximate surface area is 105 Å². The van der Waals surface area contributed by atoms with Gasteiger partial charge in [0.15, 0.2) is 11.5 Å². The van der Waals surface area contributed by atoms with E-state index in [0.29, 0.717) is 17.8 Å². The SMILES string of the molecule is Cc1c(F)cccc1NCc1ccc(O)c(O)c1. The van der Waals surface area contributed by atoms with Crippen molar-refractivity contribution in [2.75, 3.05) is 5.32 Å². The minimum absolute atomic E-state index is 0.152. The van der Waals surface area contributed by atoms with Crippen LogP contribution in [0, 0.1) is 12.7 Å². The zero-order valence-corrected chi connectivity index (χ0v) is 9.94. The van der Waals surface area contributed by atoms with Crippen LogP contribution in [-0.4, -0.2) is 10.2 Å². The quantitative estimate of drug-likeness (QED) is 0.730. The van der Waals surface area contributed by atoms with Gasteiger partial charge in [-0.3, -0.25) is 0 Å². The van der Waals surface area contributed by atoms with Crippen molar-refractivity contribution in [1.82, 2.24) is 0 Å². The molecule has 2 aromatic rings. The van der Waals surface area contributed by atoms with Crippen LogP contribution in [0.15, 0.2) is 36.4 Å². The van der Waals surface area contributed by atoms with E-state index in [1.807, 2.05) is 0 Å². The fraction of sp³-hybridized carbons (Fsp3) is 0.143. The maximum Gasteiger partial charge on any atom is 0.157 e. The van der Waals surface area contributed by atoms with Gasteiger partial charge >= 0.3 is 0 Å². The molecule has 0 atom stereocenters. The van der Waals surface area contributed by atoms with Crippen molar-refractivity contribution in [1.29, 1.82) is 0 Å². The molecule has 0 fully saturated rings. The Kier molecular flexibility index (Phi) is 3.37. The lowest BCUT2D eigenvalue weighted by molar-refractivity contribution is 0.403. The molecule has 0 spiro atoms. The van der Waals surface area contributed by atoms with Gasteiger partial charge in [-0.2, -0.15) is 0 Å². The fourth-order valence-electron chi connectivity index (χ4n) is 1.68. The van der Waals surface area contributed by atoms with Crippen molar-refractivity contribution < 1.29 is 14.6 Å². The molecule has 0 radical (unpaired) electrons. The summed E-state index contributed by atoms with van der Waals surface area (Å²) in [5.41, 5.74) is 2.07. The number of phenols is 2. The average Bonchev–Trinajstić information content (AvgIpc) is 2.35. The van der Waals surface area contributed by atoms with Gasteiger partial charge in [0.05, 0.1) is 0 Å². The van der Waals surface area contributed by atoms with Crippen molar-refractivity contribution in [2.45, 2.75) is 13.5 Å². The first-order chi connectivity index (χ1) is 8.58. The topological polar surface area (TPSA) is 52.5 Å². The van der Waals surface area contributed by atoms with E-state index in [4.69, 9.17) is 0 Å². The molecule has 0 saturated heterocycles. The highest BCUT2D eigenvalue weighted by molar-refractivity contribution is 5.51. The van der Waals surface area contributed by atoms with Crippen LogP contribution in [0.3, 0.4) is 0 Å². The number of anilines is 1. The number of aromatic hydroxyl groups is 2. The van der Waals surface area contributed by atoms with Gasteiger partial charge in [-0.1, -0.05) is 12.1 Å². The third-order valence-corrected chi connectivity index (χ3v) is 2.79. The smallest absolute Gasteiger partial charge is 0.157 e. The number of rotatable bonds is 3. The summed E-state index contributed by atoms with van der Waals surface area (Å²) >= 11 is 0. The van der Waals surface area contributed by atoms with Gasteiger partial charge in [-0.25, -0.2) is 4.39 Å². The fourth-order valence-corrected chi connectivity index (χ4v) is 1.68. The summed E-state index contributed by atoms with van der Waals surface area (Å²) in [4.78, 5) is 0. The first-order valence-corrected chi connectivity index (χ1v) is 5.58. The molecule has 0 bridgehead atoms. The molecule has 0 heterocycles. The van der Waals surface area contributed by atoms with Crippen LogP contribution in [0.2, 0.25) is 0 Å². The highest BCUT2D eigenvalue weighted by Gasteiger charge is 2.04. The number of phenolic OH excluding ortho intramolecular Hbond substituents is 2. The molecule has 18 heavy (non-hydrogen) atoms. The maximum absolute atomic E-state index is 13.3. The van der Waals surface area contributed by atoms with Gasteiger partial charge < -0.3 is 15.5 Å². The zero-order chi connectivity index (χ0) is 13.1. The monoisotopic (exact) mass is 247 g/mol. The lowest BCUT2D eigenvalue weighted by Gasteiger charge is -2.10. The molecule has 0 unspecified atom stereocenters. The molecule has 3 N–H and O–H groups in total. The average molecular weight is 247 g/mol. The number of halogens is 1. The van der Waals surface area contributed by atoms with Crippen LogP contribution in [0.1, 0.15) is 11.1 Å². The summed E-state index contributed by atoms with van der Waals surface area (Å²) in [7, 11) is 0. The lowest BCUT2D eigenvalue weighted by Crippen LogP contribution is -2.01. The van der Waals surface area contributed by atoms with Crippen LogP contribution in [0.4, 0.5) is 10.1 Å². The van der Waals surface area contributed by atoms with Crippen LogP contribution >= 0.6 is 0 Å². The Morgan fingerprint density at radius 3 is 2.61 bits per heavy atom. The van der Waals surface area contributed by atoms with Crippen molar-refractivity contribution in [3.63, 3.8) is 0 Å². The van der Waals surface area contributed by atoms with Gasteiger partial charge in [-0.05, 0) is 36.8 Å². The Balaban J connectivity index is 2.11. The highest BCUT2D eigenvalue weighted by atomic mass is 19.1. The minimum atomic E-state index is -0.256. The number of benzene rings is 2. The molecule has 0 aliphatic rings. The number of hydrogen-bond donors (Lipinski definition) is 3. The van der Waals surface area contributed by atoms with Gasteiger partial charge in [0.2, 0.25) is 0 Å².